The van der Waals surface area contributed by atoms with Crippen LogP contribution in [0.5, 0.6) is 0 Å². The summed E-state index contributed by atoms with van der Waals surface area (Å²) in [6, 6.07) is 1.98. The molecule has 84 valence electrons. The Morgan fingerprint density at radius 2 is 2.00 bits per heavy atom. The molecule has 0 aliphatic carbocycles. The fourth-order valence-electron chi connectivity index (χ4n) is 2.59. The second-order valence-corrected chi connectivity index (χ2v) is 6.20. The van der Waals surface area contributed by atoms with E-state index >= 15 is 0 Å². The van der Waals surface area contributed by atoms with Crippen LogP contribution in [0, 0.1) is 0 Å². The van der Waals surface area contributed by atoms with Gasteiger partial charge in [0.05, 0.1) is 11.2 Å². The van der Waals surface area contributed by atoms with E-state index in [9.17, 15) is 5.11 Å². The molecule has 1 fully saturated rings. The van der Waals surface area contributed by atoms with Crippen molar-refractivity contribution in [2.45, 2.75) is 50.9 Å². The minimum atomic E-state index is -0.865. The van der Waals surface area contributed by atoms with Gasteiger partial charge < -0.3 is 9.84 Å². The molecule has 0 bridgehead atoms. The molecule has 0 amide bonds. The van der Waals surface area contributed by atoms with Gasteiger partial charge >= 0.3 is 0 Å². The molecular formula is C12H18O2S. The molecule has 3 heteroatoms. The summed E-state index contributed by atoms with van der Waals surface area (Å²) in [5, 5.41) is 14.8. The largest absolute Gasteiger partial charge is 0.382 e. The molecule has 1 aromatic rings. The summed E-state index contributed by atoms with van der Waals surface area (Å²) in [5.74, 6) is 0. The van der Waals surface area contributed by atoms with E-state index in [4.69, 9.17) is 4.74 Å². The summed E-state index contributed by atoms with van der Waals surface area (Å²) in [6.45, 7) is 7.97. The van der Waals surface area contributed by atoms with Crippen LogP contribution in [-0.4, -0.2) is 16.3 Å². The summed E-state index contributed by atoms with van der Waals surface area (Å²) in [4.78, 5) is 0. The Morgan fingerprint density at radius 1 is 1.33 bits per heavy atom. The number of rotatable bonds is 1. The first-order valence-corrected chi connectivity index (χ1v) is 6.16. The second-order valence-electron chi connectivity index (χ2n) is 5.42. The van der Waals surface area contributed by atoms with Crippen LogP contribution < -0.4 is 0 Å². The molecule has 1 unspecified atom stereocenters. The van der Waals surface area contributed by atoms with Gasteiger partial charge in [0.25, 0.3) is 0 Å². The van der Waals surface area contributed by atoms with E-state index in [-0.39, 0.29) is 5.60 Å². The lowest BCUT2D eigenvalue weighted by Gasteiger charge is -2.34. The highest BCUT2D eigenvalue weighted by atomic mass is 32.1. The van der Waals surface area contributed by atoms with Crippen molar-refractivity contribution in [1.29, 1.82) is 0 Å². The second kappa shape index (κ2) is 3.06. The molecule has 0 radical (unpaired) electrons. The monoisotopic (exact) mass is 226 g/mol. The summed E-state index contributed by atoms with van der Waals surface area (Å²) < 4.78 is 5.93. The van der Waals surface area contributed by atoms with Crippen LogP contribution in [0.3, 0.4) is 0 Å². The highest BCUT2D eigenvalue weighted by Gasteiger charge is 2.57. The molecule has 1 atom stereocenters. The van der Waals surface area contributed by atoms with Crippen molar-refractivity contribution in [3.05, 3.63) is 22.4 Å². The molecule has 1 saturated heterocycles. The Balaban J connectivity index is 2.44. The molecule has 2 nitrogen and oxygen atoms in total. The zero-order valence-electron chi connectivity index (χ0n) is 9.70. The fraction of sp³-hybridized carbons (Fsp3) is 0.667. The summed E-state index contributed by atoms with van der Waals surface area (Å²) >= 11 is 1.61. The maximum absolute atomic E-state index is 10.8. The van der Waals surface area contributed by atoms with Gasteiger partial charge in [-0.05, 0) is 50.1 Å². The normalized spacial score (nSPS) is 33.1. The third-order valence-electron chi connectivity index (χ3n) is 3.21. The molecule has 1 aliphatic rings. The van der Waals surface area contributed by atoms with Gasteiger partial charge in [0.1, 0.15) is 5.60 Å². The smallest absolute Gasteiger partial charge is 0.121 e. The van der Waals surface area contributed by atoms with Crippen LogP contribution in [0.2, 0.25) is 0 Å². The number of aliphatic hydroxyl groups is 1. The Labute approximate surface area is 94.9 Å². The van der Waals surface area contributed by atoms with Crippen molar-refractivity contribution in [3.8, 4) is 0 Å². The standard InChI is InChI=1S/C12H18O2S/c1-10(2)8-12(13,11(3,4)14-10)9-5-6-15-7-9/h5-7,13H,8H2,1-4H3. The molecule has 2 rings (SSSR count). The minimum Gasteiger partial charge on any atom is -0.382 e. The minimum absolute atomic E-state index is 0.264. The lowest BCUT2D eigenvalue weighted by atomic mass is 9.78. The van der Waals surface area contributed by atoms with Crippen molar-refractivity contribution < 1.29 is 9.84 Å². The third-order valence-corrected chi connectivity index (χ3v) is 3.89. The van der Waals surface area contributed by atoms with Gasteiger partial charge in [0, 0.05) is 6.42 Å². The third kappa shape index (κ3) is 1.63. The Bertz CT molecular complexity index is 354. The summed E-state index contributed by atoms with van der Waals surface area (Å²) in [5.41, 5.74) is -0.683. The Morgan fingerprint density at radius 3 is 2.40 bits per heavy atom. The van der Waals surface area contributed by atoms with Crippen LogP contribution in [-0.2, 0) is 10.3 Å². The van der Waals surface area contributed by atoms with Crippen LogP contribution in [0.4, 0.5) is 0 Å². The summed E-state index contributed by atoms with van der Waals surface area (Å²) in [6.07, 6.45) is 0.643. The Kier molecular flexibility index (Phi) is 2.27. The van der Waals surface area contributed by atoms with E-state index in [0.717, 1.165) is 5.56 Å². The lowest BCUT2D eigenvalue weighted by Crippen LogP contribution is -2.43. The van der Waals surface area contributed by atoms with Crippen LogP contribution in [0.1, 0.15) is 39.7 Å². The zero-order valence-corrected chi connectivity index (χ0v) is 10.5. The van der Waals surface area contributed by atoms with Crippen molar-refractivity contribution in [2.75, 3.05) is 0 Å². The average molecular weight is 226 g/mol. The molecule has 15 heavy (non-hydrogen) atoms. The fourth-order valence-corrected chi connectivity index (χ4v) is 3.31. The van der Waals surface area contributed by atoms with Gasteiger partial charge in [-0.2, -0.15) is 11.3 Å². The number of ether oxygens (including phenoxy) is 1. The SMILES string of the molecule is CC1(C)CC(O)(c2ccsc2)C(C)(C)O1. The number of hydrogen-bond acceptors (Lipinski definition) is 3. The van der Waals surface area contributed by atoms with Crippen molar-refractivity contribution in [3.63, 3.8) is 0 Å². The first kappa shape index (κ1) is 11.1. The average Bonchev–Trinajstić information content (AvgIpc) is 2.55. The lowest BCUT2D eigenvalue weighted by molar-refractivity contribution is -0.129. The number of thiophene rings is 1. The van der Waals surface area contributed by atoms with E-state index in [1.165, 1.54) is 0 Å². The zero-order chi connectivity index (χ0) is 11.3. The van der Waals surface area contributed by atoms with E-state index in [2.05, 4.69) is 0 Å². The van der Waals surface area contributed by atoms with Gasteiger partial charge in [-0.3, -0.25) is 0 Å². The van der Waals surface area contributed by atoms with Gasteiger partial charge in [0.2, 0.25) is 0 Å². The van der Waals surface area contributed by atoms with E-state index in [0.29, 0.717) is 6.42 Å². The molecule has 1 aliphatic heterocycles. The maximum atomic E-state index is 10.8. The van der Waals surface area contributed by atoms with Crippen LogP contribution >= 0.6 is 11.3 Å². The van der Waals surface area contributed by atoms with Crippen molar-refractivity contribution >= 4 is 11.3 Å². The first-order chi connectivity index (χ1) is 6.77. The summed E-state index contributed by atoms with van der Waals surface area (Å²) in [7, 11) is 0. The van der Waals surface area contributed by atoms with E-state index in [1.807, 2.05) is 44.5 Å². The Hall–Kier alpha value is -0.380. The predicted octanol–water partition coefficient (Wildman–Crippen LogP) is 2.91. The molecule has 0 aromatic carbocycles. The maximum Gasteiger partial charge on any atom is 0.121 e. The van der Waals surface area contributed by atoms with E-state index in [1.54, 1.807) is 11.3 Å². The van der Waals surface area contributed by atoms with Crippen LogP contribution in [0.25, 0.3) is 0 Å². The van der Waals surface area contributed by atoms with Gasteiger partial charge in [-0.1, -0.05) is 0 Å². The van der Waals surface area contributed by atoms with E-state index < -0.39 is 11.2 Å². The molecule has 0 saturated carbocycles. The molecule has 1 aromatic heterocycles. The van der Waals surface area contributed by atoms with Gasteiger partial charge in [-0.25, -0.2) is 0 Å². The quantitative estimate of drug-likeness (QED) is 0.798. The first-order valence-electron chi connectivity index (χ1n) is 5.22. The van der Waals surface area contributed by atoms with Gasteiger partial charge in [-0.15, -0.1) is 0 Å². The van der Waals surface area contributed by atoms with Crippen molar-refractivity contribution in [2.24, 2.45) is 0 Å². The van der Waals surface area contributed by atoms with Crippen molar-refractivity contribution in [1.82, 2.24) is 0 Å². The highest BCUT2D eigenvalue weighted by molar-refractivity contribution is 7.08. The molecule has 1 N–H and O–H groups in total. The van der Waals surface area contributed by atoms with Gasteiger partial charge in [0.15, 0.2) is 0 Å². The highest BCUT2D eigenvalue weighted by Crippen LogP contribution is 2.51. The molecule has 2 heterocycles. The van der Waals surface area contributed by atoms with Crippen LogP contribution in [0.15, 0.2) is 16.8 Å². The number of hydrogen-bond donors (Lipinski definition) is 1. The predicted molar refractivity (Wildman–Crippen MR) is 62.1 cm³/mol. The molecular weight excluding hydrogens is 208 g/mol. The molecule has 0 spiro atoms. The topological polar surface area (TPSA) is 29.5 Å².